The molecule has 6 nitrogen and oxygen atoms in total. The van der Waals surface area contributed by atoms with E-state index in [2.05, 4.69) is 5.32 Å². The van der Waals surface area contributed by atoms with Crippen LogP contribution < -0.4 is 10.2 Å². The molecule has 2 amide bonds. The average molecular weight is 509 g/mol. The summed E-state index contributed by atoms with van der Waals surface area (Å²) in [6, 6.07) is 7.91. The summed E-state index contributed by atoms with van der Waals surface area (Å²) in [7, 11) is 0. The van der Waals surface area contributed by atoms with Crippen molar-refractivity contribution >= 4 is 35.1 Å². The average Bonchev–Trinajstić information content (AvgIpc) is 3.24. The lowest BCUT2D eigenvalue weighted by atomic mass is 9.75. The van der Waals surface area contributed by atoms with E-state index >= 15 is 0 Å². The van der Waals surface area contributed by atoms with Crippen LogP contribution in [-0.2, 0) is 20.6 Å². The fourth-order valence-corrected chi connectivity index (χ4v) is 5.43. The third-order valence-corrected chi connectivity index (χ3v) is 7.18. The maximum absolute atomic E-state index is 13.7. The van der Waals surface area contributed by atoms with Crippen molar-refractivity contribution < 1.29 is 32.7 Å². The minimum absolute atomic E-state index is 0.0438. The first kappa shape index (κ1) is 25.2. The molecule has 4 unspecified atom stereocenters. The van der Waals surface area contributed by atoms with Crippen molar-refractivity contribution in [3.05, 3.63) is 64.2 Å². The molecule has 0 saturated carbocycles. The normalized spacial score (nSPS) is 26.5. The lowest BCUT2D eigenvalue weighted by molar-refractivity contribution is -0.149. The van der Waals surface area contributed by atoms with E-state index in [9.17, 15) is 32.7 Å². The van der Waals surface area contributed by atoms with Crippen LogP contribution in [0.2, 0.25) is 5.02 Å². The van der Waals surface area contributed by atoms with Gasteiger partial charge in [-0.1, -0.05) is 43.6 Å². The number of hydrogen-bond donors (Lipinski definition) is 2. The monoisotopic (exact) mass is 508 g/mol. The minimum Gasteiger partial charge on any atom is -0.480 e. The van der Waals surface area contributed by atoms with Crippen LogP contribution in [0.3, 0.4) is 0 Å². The van der Waals surface area contributed by atoms with E-state index in [1.165, 1.54) is 18.2 Å². The second-order valence-corrected chi connectivity index (χ2v) is 9.97. The molecule has 0 aromatic heterocycles. The van der Waals surface area contributed by atoms with Gasteiger partial charge in [0.1, 0.15) is 5.54 Å². The molecule has 2 aromatic carbocycles. The fraction of sp³-hybridized carbons (Fsp3) is 0.400. The molecule has 2 aliphatic heterocycles. The van der Waals surface area contributed by atoms with E-state index in [0.29, 0.717) is 10.6 Å². The van der Waals surface area contributed by atoms with Gasteiger partial charge in [-0.3, -0.25) is 19.7 Å². The van der Waals surface area contributed by atoms with E-state index in [0.717, 1.165) is 22.6 Å². The van der Waals surface area contributed by atoms with Gasteiger partial charge in [0, 0.05) is 11.1 Å². The third kappa shape index (κ3) is 4.10. The first-order chi connectivity index (χ1) is 16.3. The summed E-state index contributed by atoms with van der Waals surface area (Å²) in [5.41, 5.74) is -1.39. The Morgan fingerprint density at radius 3 is 2.29 bits per heavy atom. The second kappa shape index (κ2) is 8.64. The molecule has 2 aliphatic rings. The van der Waals surface area contributed by atoms with Gasteiger partial charge >= 0.3 is 12.1 Å². The number of imide groups is 1. The molecule has 0 aliphatic carbocycles. The number of halogens is 4. The van der Waals surface area contributed by atoms with Gasteiger partial charge in [0.25, 0.3) is 0 Å². The summed E-state index contributed by atoms with van der Waals surface area (Å²) < 4.78 is 39.3. The van der Waals surface area contributed by atoms with Crippen LogP contribution in [0.4, 0.5) is 18.9 Å². The van der Waals surface area contributed by atoms with E-state index < -0.39 is 52.9 Å². The highest BCUT2D eigenvalue weighted by Gasteiger charge is 2.68. The number of aryl methyl sites for hydroxylation is 1. The lowest BCUT2D eigenvalue weighted by Gasteiger charge is -2.32. The summed E-state index contributed by atoms with van der Waals surface area (Å²) in [6.45, 7) is 5.36. The number of anilines is 1. The number of carbonyl (C=O) groups is 3. The molecule has 2 N–H and O–H groups in total. The standard InChI is InChI=1S/C25H24ClF3N2O4/c1-12(2)11-24(23(34)35)19-18(20(30-24)14-5-7-15(8-6-14)25(27,28)29)21(32)31(22(19)33)16-9-4-13(3)17(26)10-16/h4-10,12,18-20,30H,11H2,1-3H3,(H,34,35). The van der Waals surface area contributed by atoms with Crippen molar-refractivity contribution in [2.24, 2.45) is 17.8 Å². The van der Waals surface area contributed by atoms with Crippen LogP contribution in [-0.4, -0.2) is 28.4 Å². The number of benzene rings is 2. The van der Waals surface area contributed by atoms with Crippen molar-refractivity contribution in [3.8, 4) is 0 Å². The predicted octanol–water partition coefficient (Wildman–Crippen LogP) is 4.99. The highest BCUT2D eigenvalue weighted by Crippen LogP contribution is 2.52. The summed E-state index contributed by atoms with van der Waals surface area (Å²) in [5, 5.41) is 13.6. The van der Waals surface area contributed by atoms with Gasteiger partial charge in [-0.05, 0) is 54.7 Å². The second-order valence-electron chi connectivity index (χ2n) is 9.57. The number of nitrogens with zero attached hydrogens (tertiary/aromatic N) is 1. The van der Waals surface area contributed by atoms with Crippen molar-refractivity contribution in [3.63, 3.8) is 0 Å². The Morgan fingerprint density at radius 1 is 1.14 bits per heavy atom. The van der Waals surface area contributed by atoms with Gasteiger partial charge in [0.15, 0.2) is 0 Å². The number of carboxylic acids is 1. The molecular weight excluding hydrogens is 485 g/mol. The van der Waals surface area contributed by atoms with Gasteiger partial charge in [0.2, 0.25) is 11.8 Å². The van der Waals surface area contributed by atoms with Crippen LogP contribution in [0.5, 0.6) is 0 Å². The van der Waals surface area contributed by atoms with E-state index in [1.54, 1.807) is 32.9 Å². The van der Waals surface area contributed by atoms with Crippen molar-refractivity contribution in [2.45, 2.75) is 44.9 Å². The number of hydrogen-bond acceptors (Lipinski definition) is 4. The van der Waals surface area contributed by atoms with Crippen LogP contribution in [0, 0.1) is 24.7 Å². The molecular formula is C25H24ClF3N2O4. The first-order valence-corrected chi connectivity index (χ1v) is 11.5. The van der Waals surface area contributed by atoms with Gasteiger partial charge in [-0.25, -0.2) is 4.90 Å². The zero-order valence-electron chi connectivity index (χ0n) is 19.2. The predicted molar refractivity (Wildman–Crippen MR) is 123 cm³/mol. The third-order valence-electron chi connectivity index (χ3n) is 6.78. The Kier molecular flexibility index (Phi) is 6.22. The molecule has 4 rings (SSSR count). The summed E-state index contributed by atoms with van der Waals surface area (Å²) >= 11 is 6.21. The first-order valence-electron chi connectivity index (χ1n) is 11.1. The Bertz CT molecular complexity index is 1200. The SMILES string of the molecule is Cc1ccc(N2C(=O)C3C(c4ccc(C(F)(F)F)cc4)NC(CC(C)C)(C(=O)O)C3C2=O)cc1Cl. The molecule has 2 aromatic rings. The zero-order chi connectivity index (χ0) is 25.9. The highest BCUT2D eigenvalue weighted by molar-refractivity contribution is 6.32. The topological polar surface area (TPSA) is 86.7 Å². The molecule has 10 heteroatoms. The minimum atomic E-state index is -4.55. The number of rotatable bonds is 5. The Balaban J connectivity index is 1.84. The molecule has 0 radical (unpaired) electrons. The molecule has 2 fully saturated rings. The summed E-state index contributed by atoms with van der Waals surface area (Å²) in [6.07, 6.45) is -4.50. The van der Waals surface area contributed by atoms with Crippen LogP contribution in [0.25, 0.3) is 0 Å². The maximum atomic E-state index is 13.7. The lowest BCUT2D eigenvalue weighted by Crippen LogP contribution is -2.56. The van der Waals surface area contributed by atoms with Crippen LogP contribution in [0.1, 0.15) is 43.0 Å². The van der Waals surface area contributed by atoms with E-state index in [4.69, 9.17) is 11.6 Å². The van der Waals surface area contributed by atoms with Gasteiger partial charge in [-0.2, -0.15) is 13.2 Å². The highest BCUT2D eigenvalue weighted by atomic mass is 35.5. The molecule has 0 bridgehead atoms. The van der Waals surface area contributed by atoms with Crippen molar-refractivity contribution in [2.75, 3.05) is 4.90 Å². The quantitative estimate of drug-likeness (QED) is 0.556. The van der Waals surface area contributed by atoms with E-state index in [1.807, 2.05) is 0 Å². The number of aliphatic carboxylic acids is 1. The summed E-state index contributed by atoms with van der Waals surface area (Å²) in [4.78, 5) is 40.9. The van der Waals surface area contributed by atoms with E-state index in [-0.39, 0.29) is 18.0 Å². The number of nitrogens with one attached hydrogen (secondary N) is 1. The smallest absolute Gasteiger partial charge is 0.416 e. The van der Waals surface area contributed by atoms with Crippen molar-refractivity contribution in [1.29, 1.82) is 0 Å². The Morgan fingerprint density at radius 2 is 1.77 bits per heavy atom. The Hall–Kier alpha value is -2.91. The Labute approximate surface area is 205 Å². The molecule has 35 heavy (non-hydrogen) atoms. The van der Waals surface area contributed by atoms with Gasteiger partial charge in [-0.15, -0.1) is 0 Å². The maximum Gasteiger partial charge on any atom is 0.416 e. The van der Waals surface area contributed by atoms with Crippen molar-refractivity contribution in [1.82, 2.24) is 5.32 Å². The number of amides is 2. The van der Waals surface area contributed by atoms with Gasteiger partial charge < -0.3 is 5.11 Å². The van der Waals surface area contributed by atoms with Gasteiger partial charge in [0.05, 0.1) is 23.1 Å². The molecule has 186 valence electrons. The zero-order valence-corrected chi connectivity index (χ0v) is 19.9. The number of alkyl halides is 3. The van der Waals surface area contributed by atoms with Crippen LogP contribution in [0.15, 0.2) is 42.5 Å². The molecule has 4 atom stereocenters. The fourth-order valence-electron chi connectivity index (χ4n) is 5.26. The number of carbonyl (C=O) groups excluding carboxylic acids is 2. The molecule has 0 spiro atoms. The molecule has 2 saturated heterocycles. The van der Waals surface area contributed by atoms with Crippen LogP contribution >= 0.6 is 11.6 Å². The number of carboxylic acid groups (broad SMARTS) is 1. The number of fused-ring (bicyclic) bond motifs is 1. The molecule has 2 heterocycles. The summed E-state index contributed by atoms with van der Waals surface area (Å²) in [5.74, 6) is -5.11. The largest absolute Gasteiger partial charge is 0.480 e.